The largest absolute Gasteiger partial charge is 0.356 e. The topological polar surface area (TPSA) is 55.1 Å². The fourth-order valence-corrected chi connectivity index (χ4v) is 1.77. The van der Waals surface area contributed by atoms with Gasteiger partial charge in [-0.05, 0) is 43.5 Å². The van der Waals surface area contributed by atoms with E-state index in [0.29, 0.717) is 19.5 Å². The molecule has 3 nitrogen and oxygen atoms in total. The second kappa shape index (κ2) is 9.75. The van der Waals surface area contributed by atoms with Crippen LogP contribution in [0.4, 0.5) is 4.39 Å². The Balaban J connectivity index is 0.00000324. The molecular formula is C14H22ClFN2O. The molecule has 1 rings (SSSR count). The first-order valence-corrected chi connectivity index (χ1v) is 6.35. The minimum Gasteiger partial charge on any atom is -0.356 e. The zero-order valence-electron chi connectivity index (χ0n) is 11.2. The fraction of sp³-hybridized carbons (Fsp3) is 0.500. The predicted molar refractivity (Wildman–Crippen MR) is 77.8 cm³/mol. The normalized spacial score (nSPS) is 11.5. The van der Waals surface area contributed by atoms with Crippen LogP contribution in [0.3, 0.4) is 0 Å². The van der Waals surface area contributed by atoms with Crippen molar-refractivity contribution in [3.63, 3.8) is 0 Å². The number of nitrogens with one attached hydrogen (secondary N) is 1. The SMILES string of the molecule is CC(Cc1cccc(F)c1)C(=O)NCCCCN.Cl. The fourth-order valence-electron chi connectivity index (χ4n) is 1.77. The molecule has 1 amide bonds. The number of halogens is 2. The monoisotopic (exact) mass is 288 g/mol. The number of amides is 1. The lowest BCUT2D eigenvalue weighted by atomic mass is 10.0. The van der Waals surface area contributed by atoms with Gasteiger partial charge >= 0.3 is 0 Å². The third-order valence-electron chi connectivity index (χ3n) is 2.81. The van der Waals surface area contributed by atoms with Gasteiger partial charge in [0.1, 0.15) is 5.82 Å². The van der Waals surface area contributed by atoms with E-state index in [1.807, 2.05) is 13.0 Å². The Kier molecular flexibility index (Phi) is 9.17. The molecule has 5 heteroatoms. The minimum absolute atomic E-state index is 0. The molecule has 0 saturated heterocycles. The average Bonchev–Trinajstić information content (AvgIpc) is 2.34. The highest BCUT2D eigenvalue weighted by atomic mass is 35.5. The first-order valence-electron chi connectivity index (χ1n) is 6.35. The van der Waals surface area contributed by atoms with Crippen molar-refractivity contribution in [1.29, 1.82) is 0 Å². The molecule has 0 saturated carbocycles. The molecule has 1 unspecified atom stereocenters. The summed E-state index contributed by atoms with van der Waals surface area (Å²) in [5.41, 5.74) is 6.22. The van der Waals surface area contributed by atoms with Crippen LogP contribution in [-0.2, 0) is 11.2 Å². The number of unbranched alkanes of at least 4 members (excludes halogenated alkanes) is 1. The summed E-state index contributed by atoms with van der Waals surface area (Å²) >= 11 is 0. The van der Waals surface area contributed by atoms with Gasteiger partial charge in [0.15, 0.2) is 0 Å². The summed E-state index contributed by atoms with van der Waals surface area (Å²) in [7, 11) is 0. The van der Waals surface area contributed by atoms with Crippen molar-refractivity contribution in [2.45, 2.75) is 26.2 Å². The lowest BCUT2D eigenvalue weighted by Crippen LogP contribution is -2.31. The Hall–Kier alpha value is -1.13. The Morgan fingerprint density at radius 3 is 2.79 bits per heavy atom. The number of benzene rings is 1. The number of carbonyl (C=O) groups excluding carboxylic acids is 1. The molecule has 108 valence electrons. The minimum atomic E-state index is -0.261. The van der Waals surface area contributed by atoms with Gasteiger partial charge in [0, 0.05) is 12.5 Å². The molecule has 3 N–H and O–H groups in total. The number of hydrogen-bond acceptors (Lipinski definition) is 2. The molecular weight excluding hydrogens is 267 g/mol. The summed E-state index contributed by atoms with van der Waals surface area (Å²) in [6.45, 7) is 3.15. The Bertz CT molecular complexity index is 387. The van der Waals surface area contributed by atoms with E-state index < -0.39 is 0 Å². The van der Waals surface area contributed by atoms with Crippen LogP contribution in [0.2, 0.25) is 0 Å². The van der Waals surface area contributed by atoms with Crippen LogP contribution in [0.5, 0.6) is 0 Å². The molecule has 0 fully saturated rings. The van der Waals surface area contributed by atoms with Crippen LogP contribution in [0, 0.1) is 11.7 Å². The summed E-state index contributed by atoms with van der Waals surface area (Å²) in [5.74, 6) is -0.399. The maximum Gasteiger partial charge on any atom is 0.223 e. The molecule has 0 aromatic heterocycles. The second-order valence-corrected chi connectivity index (χ2v) is 4.52. The first kappa shape index (κ1) is 17.9. The summed E-state index contributed by atoms with van der Waals surface area (Å²) in [4.78, 5) is 11.8. The molecule has 1 aromatic carbocycles. The van der Waals surface area contributed by atoms with Crippen LogP contribution < -0.4 is 11.1 Å². The van der Waals surface area contributed by atoms with E-state index >= 15 is 0 Å². The zero-order chi connectivity index (χ0) is 13.4. The number of carbonyl (C=O) groups is 1. The highest BCUT2D eigenvalue weighted by molar-refractivity contribution is 5.85. The molecule has 0 spiro atoms. The van der Waals surface area contributed by atoms with E-state index in [1.54, 1.807) is 6.07 Å². The second-order valence-electron chi connectivity index (χ2n) is 4.52. The molecule has 0 aliphatic carbocycles. The van der Waals surface area contributed by atoms with Crippen molar-refractivity contribution in [3.8, 4) is 0 Å². The summed E-state index contributed by atoms with van der Waals surface area (Å²) < 4.78 is 13.0. The molecule has 0 radical (unpaired) electrons. The van der Waals surface area contributed by atoms with Crippen molar-refractivity contribution in [2.75, 3.05) is 13.1 Å². The van der Waals surface area contributed by atoms with Crippen LogP contribution in [0.15, 0.2) is 24.3 Å². The van der Waals surface area contributed by atoms with Gasteiger partial charge in [-0.25, -0.2) is 4.39 Å². The molecule has 1 aromatic rings. The van der Waals surface area contributed by atoms with Crippen molar-refractivity contribution >= 4 is 18.3 Å². The molecule has 19 heavy (non-hydrogen) atoms. The van der Waals surface area contributed by atoms with E-state index in [2.05, 4.69) is 5.32 Å². The van der Waals surface area contributed by atoms with E-state index in [4.69, 9.17) is 5.73 Å². The lowest BCUT2D eigenvalue weighted by Gasteiger charge is -2.12. The van der Waals surface area contributed by atoms with E-state index in [-0.39, 0.29) is 30.0 Å². The summed E-state index contributed by atoms with van der Waals surface area (Å²) in [6.07, 6.45) is 2.37. The smallest absolute Gasteiger partial charge is 0.223 e. The van der Waals surface area contributed by atoms with Gasteiger partial charge in [-0.2, -0.15) is 0 Å². The predicted octanol–water partition coefficient (Wildman–Crippen LogP) is 2.28. The van der Waals surface area contributed by atoms with Crippen molar-refractivity contribution in [1.82, 2.24) is 5.32 Å². The highest BCUT2D eigenvalue weighted by Gasteiger charge is 2.12. The molecule has 0 bridgehead atoms. The van der Waals surface area contributed by atoms with Crippen molar-refractivity contribution in [3.05, 3.63) is 35.6 Å². The number of nitrogens with two attached hydrogens (primary N) is 1. The van der Waals surface area contributed by atoms with Crippen molar-refractivity contribution in [2.24, 2.45) is 11.7 Å². The van der Waals surface area contributed by atoms with Gasteiger partial charge in [0.2, 0.25) is 5.91 Å². The summed E-state index contributed by atoms with van der Waals surface area (Å²) in [6, 6.07) is 6.37. The number of hydrogen-bond donors (Lipinski definition) is 2. The summed E-state index contributed by atoms with van der Waals surface area (Å²) in [5, 5.41) is 2.86. The van der Waals surface area contributed by atoms with E-state index in [0.717, 1.165) is 18.4 Å². The maximum atomic E-state index is 13.0. The lowest BCUT2D eigenvalue weighted by molar-refractivity contribution is -0.124. The van der Waals surface area contributed by atoms with Gasteiger partial charge in [-0.15, -0.1) is 12.4 Å². The van der Waals surface area contributed by atoms with Gasteiger partial charge < -0.3 is 11.1 Å². The van der Waals surface area contributed by atoms with Crippen LogP contribution in [-0.4, -0.2) is 19.0 Å². The quantitative estimate of drug-likeness (QED) is 0.756. The van der Waals surface area contributed by atoms with Gasteiger partial charge in [0.25, 0.3) is 0 Å². The zero-order valence-corrected chi connectivity index (χ0v) is 12.0. The Morgan fingerprint density at radius 1 is 1.42 bits per heavy atom. The molecule has 1 atom stereocenters. The first-order chi connectivity index (χ1) is 8.63. The maximum absolute atomic E-state index is 13.0. The Labute approximate surface area is 120 Å². The number of rotatable bonds is 7. The van der Waals surface area contributed by atoms with E-state index in [1.165, 1.54) is 12.1 Å². The third kappa shape index (κ3) is 7.13. The van der Waals surface area contributed by atoms with Gasteiger partial charge in [-0.3, -0.25) is 4.79 Å². The van der Waals surface area contributed by atoms with Crippen LogP contribution in [0.25, 0.3) is 0 Å². The van der Waals surface area contributed by atoms with E-state index in [9.17, 15) is 9.18 Å². The molecule has 0 heterocycles. The standard InChI is InChI=1S/C14H21FN2O.ClH/c1-11(14(18)17-8-3-2-7-16)9-12-5-4-6-13(15)10-12;/h4-6,10-11H,2-3,7-9,16H2,1H3,(H,17,18);1H. The van der Waals surface area contributed by atoms with Crippen LogP contribution >= 0.6 is 12.4 Å². The van der Waals surface area contributed by atoms with Gasteiger partial charge in [-0.1, -0.05) is 19.1 Å². The van der Waals surface area contributed by atoms with Gasteiger partial charge in [0.05, 0.1) is 0 Å². The van der Waals surface area contributed by atoms with Crippen LogP contribution in [0.1, 0.15) is 25.3 Å². The highest BCUT2D eigenvalue weighted by Crippen LogP contribution is 2.10. The van der Waals surface area contributed by atoms with Crippen molar-refractivity contribution < 1.29 is 9.18 Å². The Morgan fingerprint density at radius 2 is 2.16 bits per heavy atom. The third-order valence-corrected chi connectivity index (χ3v) is 2.81. The molecule has 0 aliphatic heterocycles. The molecule has 0 aliphatic rings. The average molecular weight is 289 g/mol.